The van der Waals surface area contributed by atoms with Gasteiger partial charge < -0.3 is 5.32 Å². The van der Waals surface area contributed by atoms with Crippen molar-refractivity contribution in [1.29, 1.82) is 5.26 Å². The van der Waals surface area contributed by atoms with Crippen LogP contribution in [0.2, 0.25) is 5.15 Å². The summed E-state index contributed by atoms with van der Waals surface area (Å²) < 4.78 is 28.2. The summed E-state index contributed by atoms with van der Waals surface area (Å²) in [4.78, 5) is 12.4. The van der Waals surface area contributed by atoms with Gasteiger partial charge in [-0.25, -0.2) is 13.5 Å². The van der Waals surface area contributed by atoms with Gasteiger partial charge in [-0.1, -0.05) is 23.7 Å². The van der Waals surface area contributed by atoms with Gasteiger partial charge >= 0.3 is 0 Å². The molecular weight excluding hydrogens is 386 g/mol. The van der Waals surface area contributed by atoms with Crippen molar-refractivity contribution in [1.82, 2.24) is 9.78 Å². The fraction of sp³-hybridized carbons (Fsp3) is 0.0500. The number of aryl methyl sites for hydroxylation is 1. The Kier molecular flexibility index (Phi) is 5.52. The van der Waals surface area contributed by atoms with Gasteiger partial charge in [0.05, 0.1) is 17.1 Å². The molecule has 0 aliphatic carbocycles. The van der Waals surface area contributed by atoms with Crippen molar-refractivity contribution < 1.29 is 13.6 Å². The number of carbonyl (C=O) groups excluding carboxylic acids is 1. The molecule has 0 radical (unpaired) electrons. The smallest absolute Gasteiger partial charge is 0.266 e. The molecule has 140 valence electrons. The SMILES string of the molecule is Cc1nn(-c2ccc(F)cc2)c(Cl)c1/C=C(\C#N)C(=O)Nc1ccccc1F. The summed E-state index contributed by atoms with van der Waals surface area (Å²) in [6.45, 7) is 1.65. The summed E-state index contributed by atoms with van der Waals surface area (Å²) >= 11 is 6.36. The lowest BCUT2D eigenvalue weighted by Crippen LogP contribution is -2.14. The molecule has 0 aliphatic heterocycles. The lowest BCUT2D eigenvalue weighted by molar-refractivity contribution is -0.112. The predicted molar refractivity (Wildman–Crippen MR) is 102 cm³/mol. The molecule has 0 atom stereocenters. The molecular formula is C20H13ClF2N4O. The van der Waals surface area contributed by atoms with Crippen LogP contribution in [0.1, 0.15) is 11.3 Å². The van der Waals surface area contributed by atoms with Crippen LogP contribution in [0.4, 0.5) is 14.5 Å². The molecule has 5 nitrogen and oxygen atoms in total. The molecule has 28 heavy (non-hydrogen) atoms. The van der Waals surface area contributed by atoms with Crippen molar-refractivity contribution in [3.8, 4) is 11.8 Å². The second kappa shape index (κ2) is 8.03. The topological polar surface area (TPSA) is 70.7 Å². The first-order chi connectivity index (χ1) is 13.4. The third-order valence-electron chi connectivity index (χ3n) is 3.90. The molecule has 0 saturated carbocycles. The van der Waals surface area contributed by atoms with E-state index in [-0.39, 0.29) is 16.4 Å². The number of hydrogen-bond donors (Lipinski definition) is 1. The third-order valence-corrected chi connectivity index (χ3v) is 4.26. The maximum absolute atomic E-state index is 13.7. The zero-order chi connectivity index (χ0) is 20.3. The summed E-state index contributed by atoms with van der Waals surface area (Å²) in [5.41, 5.74) is 1.01. The number of anilines is 1. The second-order valence-corrected chi connectivity index (χ2v) is 6.14. The number of benzene rings is 2. The molecule has 0 fully saturated rings. The molecule has 1 aromatic heterocycles. The number of carbonyl (C=O) groups is 1. The highest BCUT2D eigenvalue weighted by atomic mass is 35.5. The minimum absolute atomic E-state index is 0.0431. The van der Waals surface area contributed by atoms with Crippen LogP contribution < -0.4 is 5.32 Å². The number of halogens is 3. The lowest BCUT2D eigenvalue weighted by atomic mass is 10.1. The average molecular weight is 399 g/mol. The molecule has 1 heterocycles. The number of para-hydroxylation sites is 1. The number of hydrogen-bond acceptors (Lipinski definition) is 3. The van der Waals surface area contributed by atoms with Gasteiger partial charge in [0.15, 0.2) is 0 Å². The van der Waals surface area contributed by atoms with Crippen LogP contribution in [0.15, 0.2) is 54.1 Å². The van der Waals surface area contributed by atoms with Gasteiger partial charge in [-0.2, -0.15) is 10.4 Å². The van der Waals surface area contributed by atoms with E-state index < -0.39 is 17.5 Å². The van der Waals surface area contributed by atoms with Crippen LogP contribution in [0, 0.1) is 29.9 Å². The highest BCUT2D eigenvalue weighted by Crippen LogP contribution is 2.26. The van der Waals surface area contributed by atoms with Gasteiger partial charge in [-0.3, -0.25) is 4.79 Å². The maximum Gasteiger partial charge on any atom is 0.266 e. The van der Waals surface area contributed by atoms with Crippen LogP contribution in [0.25, 0.3) is 11.8 Å². The normalized spacial score (nSPS) is 11.2. The van der Waals surface area contributed by atoms with Crippen molar-refractivity contribution in [3.63, 3.8) is 0 Å². The predicted octanol–water partition coefficient (Wildman–Crippen LogP) is 4.66. The van der Waals surface area contributed by atoms with Gasteiger partial charge in [0.2, 0.25) is 0 Å². The maximum atomic E-state index is 13.7. The van der Waals surface area contributed by atoms with Crippen molar-refractivity contribution in [2.45, 2.75) is 6.92 Å². The van der Waals surface area contributed by atoms with Crippen molar-refractivity contribution in [2.24, 2.45) is 0 Å². The van der Waals surface area contributed by atoms with E-state index in [0.717, 1.165) is 0 Å². The van der Waals surface area contributed by atoms with Gasteiger partial charge in [-0.05, 0) is 49.4 Å². The van der Waals surface area contributed by atoms with Crippen LogP contribution >= 0.6 is 11.6 Å². The summed E-state index contributed by atoms with van der Waals surface area (Å²) in [6, 6.07) is 12.9. The van der Waals surface area contributed by atoms with Gasteiger partial charge in [0.1, 0.15) is 28.4 Å². The number of nitrogens with zero attached hydrogens (tertiary/aromatic N) is 3. The van der Waals surface area contributed by atoms with E-state index in [9.17, 15) is 18.8 Å². The van der Waals surface area contributed by atoms with Gasteiger partial charge in [0.25, 0.3) is 5.91 Å². The van der Waals surface area contributed by atoms with Gasteiger partial charge in [0, 0.05) is 5.56 Å². The van der Waals surface area contributed by atoms with E-state index in [1.807, 2.05) is 0 Å². The van der Waals surface area contributed by atoms with E-state index in [0.29, 0.717) is 16.9 Å². The molecule has 1 amide bonds. The molecule has 8 heteroatoms. The Morgan fingerprint density at radius 2 is 1.89 bits per heavy atom. The molecule has 2 aromatic carbocycles. The first-order valence-electron chi connectivity index (χ1n) is 8.09. The zero-order valence-corrected chi connectivity index (χ0v) is 15.3. The summed E-state index contributed by atoms with van der Waals surface area (Å²) in [5, 5.41) is 16.1. The Labute approximate surface area is 164 Å². The first kappa shape index (κ1) is 19.3. The molecule has 0 bridgehead atoms. The number of rotatable bonds is 4. The molecule has 0 unspecified atom stereocenters. The molecule has 1 N–H and O–H groups in total. The standard InChI is InChI=1S/C20H13ClF2N4O/c1-12-16(19(21)27(26-12)15-8-6-14(22)7-9-15)10-13(11-24)20(28)25-18-5-3-2-4-17(18)23/h2-10H,1H3,(H,25,28)/b13-10+. The minimum Gasteiger partial charge on any atom is -0.319 e. The van der Waals surface area contributed by atoms with E-state index >= 15 is 0 Å². The largest absolute Gasteiger partial charge is 0.319 e. The summed E-state index contributed by atoms with van der Waals surface area (Å²) in [7, 11) is 0. The quantitative estimate of drug-likeness (QED) is 0.513. The molecule has 0 spiro atoms. The van der Waals surface area contributed by atoms with Crippen molar-refractivity contribution in [3.05, 3.63) is 82.1 Å². The van der Waals surface area contributed by atoms with Crippen molar-refractivity contribution >= 4 is 29.3 Å². The number of nitrogens with one attached hydrogen (secondary N) is 1. The molecule has 0 aliphatic rings. The van der Waals surface area contributed by atoms with Crippen LogP contribution in [-0.2, 0) is 4.79 Å². The number of aromatic nitrogens is 2. The molecule has 0 saturated heterocycles. The Morgan fingerprint density at radius 1 is 1.21 bits per heavy atom. The van der Waals surface area contributed by atoms with E-state index in [1.54, 1.807) is 19.1 Å². The summed E-state index contributed by atoms with van der Waals surface area (Å²) in [6.07, 6.45) is 1.28. The van der Waals surface area contributed by atoms with Crippen LogP contribution in [0.5, 0.6) is 0 Å². The Balaban J connectivity index is 1.95. The average Bonchev–Trinajstić information content (AvgIpc) is 2.96. The molecule has 3 aromatic rings. The highest BCUT2D eigenvalue weighted by molar-refractivity contribution is 6.31. The fourth-order valence-corrected chi connectivity index (χ4v) is 2.80. The minimum atomic E-state index is -0.780. The van der Waals surface area contributed by atoms with E-state index in [2.05, 4.69) is 10.4 Å². The first-order valence-corrected chi connectivity index (χ1v) is 8.47. The third kappa shape index (κ3) is 3.92. The van der Waals surface area contributed by atoms with E-state index in [1.165, 1.54) is 53.2 Å². The Morgan fingerprint density at radius 3 is 2.54 bits per heavy atom. The van der Waals surface area contributed by atoms with Crippen LogP contribution in [0.3, 0.4) is 0 Å². The summed E-state index contributed by atoms with van der Waals surface area (Å²) in [5.74, 6) is -1.80. The monoisotopic (exact) mass is 398 g/mol. The second-order valence-electron chi connectivity index (χ2n) is 5.78. The van der Waals surface area contributed by atoms with Crippen LogP contribution in [-0.4, -0.2) is 15.7 Å². The Hall–Kier alpha value is -3.50. The molecule has 3 rings (SSSR count). The lowest BCUT2D eigenvalue weighted by Gasteiger charge is -2.05. The van der Waals surface area contributed by atoms with E-state index in [4.69, 9.17) is 11.6 Å². The van der Waals surface area contributed by atoms with Crippen molar-refractivity contribution in [2.75, 3.05) is 5.32 Å². The zero-order valence-electron chi connectivity index (χ0n) is 14.6. The highest BCUT2D eigenvalue weighted by Gasteiger charge is 2.17. The van der Waals surface area contributed by atoms with Gasteiger partial charge in [-0.15, -0.1) is 0 Å². The number of nitriles is 1. The Bertz CT molecular complexity index is 1110. The number of amides is 1. The fourth-order valence-electron chi connectivity index (χ4n) is 2.47.